The van der Waals surface area contributed by atoms with Gasteiger partial charge in [-0.15, -0.1) is 0 Å². The van der Waals surface area contributed by atoms with E-state index in [9.17, 15) is 0 Å². The van der Waals surface area contributed by atoms with Gasteiger partial charge in [0, 0.05) is 0 Å². The molecule has 0 saturated carbocycles. The van der Waals surface area contributed by atoms with Gasteiger partial charge >= 0.3 is 179 Å². The van der Waals surface area contributed by atoms with Crippen LogP contribution in [0.2, 0.25) is 0 Å². The third-order valence-electron chi connectivity index (χ3n) is 6.42. The summed E-state index contributed by atoms with van der Waals surface area (Å²) >= 11 is -2.08. The molecule has 2 atom stereocenters. The minimum absolute atomic E-state index is 0.645. The van der Waals surface area contributed by atoms with Crippen LogP contribution in [0, 0.1) is 0 Å². The molecular formula is C27H32Zr. The van der Waals surface area contributed by atoms with E-state index in [0.29, 0.717) is 7.25 Å². The van der Waals surface area contributed by atoms with E-state index in [2.05, 4.69) is 74.5 Å². The summed E-state index contributed by atoms with van der Waals surface area (Å²) in [5.74, 6) is 0. The molecular weight excluding hydrogens is 416 g/mol. The number of allylic oxidation sites excluding steroid dienone is 2. The topological polar surface area (TPSA) is 0 Å². The van der Waals surface area contributed by atoms with E-state index in [0.717, 1.165) is 0 Å². The summed E-state index contributed by atoms with van der Waals surface area (Å²) in [6.07, 6.45) is 12.7. The summed E-state index contributed by atoms with van der Waals surface area (Å²) in [6.45, 7) is 4.61. The van der Waals surface area contributed by atoms with Crippen molar-refractivity contribution in [3.05, 3.63) is 81.9 Å². The molecule has 0 nitrogen and oxygen atoms in total. The van der Waals surface area contributed by atoms with Gasteiger partial charge in [-0.05, 0) is 0 Å². The quantitative estimate of drug-likeness (QED) is 0.389. The first kappa shape index (κ1) is 20.0. The van der Waals surface area contributed by atoms with Gasteiger partial charge in [-0.25, -0.2) is 0 Å². The predicted molar refractivity (Wildman–Crippen MR) is 120 cm³/mol. The Labute approximate surface area is 178 Å². The molecule has 0 spiro atoms. The van der Waals surface area contributed by atoms with Crippen molar-refractivity contribution in [3.8, 4) is 0 Å². The molecule has 2 aliphatic rings. The Balaban J connectivity index is 1.72. The molecule has 28 heavy (non-hydrogen) atoms. The number of unbranched alkanes of at least 4 members (excludes halogenated alkanes) is 2. The van der Waals surface area contributed by atoms with Crippen LogP contribution < -0.4 is 0 Å². The van der Waals surface area contributed by atoms with Crippen molar-refractivity contribution in [1.82, 2.24) is 0 Å². The van der Waals surface area contributed by atoms with Crippen molar-refractivity contribution >= 4 is 16.4 Å². The number of hydrogen-bond acceptors (Lipinski definition) is 0. The van der Waals surface area contributed by atoms with Gasteiger partial charge in [0.15, 0.2) is 0 Å². The summed E-state index contributed by atoms with van der Waals surface area (Å²) in [7, 11) is 0. The summed E-state index contributed by atoms with van der Waals surface area (Å²) in [4.78, 5) is 0. The summed E-state index contributed by atoms with van der Waals surface area (Å²) in [5.41, 5.74) is 9.46. The SMILES string of the molecule is [CH2]=[Zr]([CH]1C(CCCC)=Cc2ccccc21)[CH]1C(CCCC)=Cc2ccccc21. The fraction of sp³-hybridized carbons (Fsp3) is 0.370. The van der Waals surface area contributed by atoms with Crippen LogP contribution in [0.3, 0.4) is 0 Å². The van der Waals surface area contributed by atoms with Gasteiger partial charge in [0.25, 0.3) is 0 Å². The Kier molecular flexibility index (Phi) is 6.42. The van der Waals surface area contributed by atoms with Crippen LogP contribution >= 0.6 is 0 Å². The molecule has 0 radical (unpaired) electrons. The molecule has 2 aromatic carbocycles. The third-order valence-corrected chi connectivity index (χ3v) is 13.4. The molecule has 0 amide bonds. The summed E-state index contributed by atoms with van der Waals surface area (Å²) in [5, 5.41) is 0. The van der Waals surface area contributed by atoms with Crippen molar-refractivity contribution in [2.75, 3.05) is 0 Å². The Bertz CT molecular complexity index is 855. The number of rotatable bonds is 8. The van der Waals surface area contributed by atoms with Gasteiger partial charge in [-0.3, -0.25) is 0 Å². The molecule has 4 rings (SSSR count). The molecule has 0 saturated heterocycles. The first-order valence-electron chi connectivity index (χ1n) is 11.0. The van der Waals surface area contributed by atoms with Crippen LogP contribution in [-0.4, -0.2) is 4.21 Å². The van der Waals surface area contributed by atoms with E-state index in [1.54, 1.807) is 22.3 Å². The Morgan fingerprint density at radius 3 is 1.57 bits per heavy atom. The maximum absolute atomic E-state index is 5.03. The second-order valence-corrected chi connectivity index (χ2v) is 14.0. The molecule has 0 bridgehead atoms. The average Bonchev–Trinajstić information content (AvgIpc) is 3.28. The van der Waals surface area contributed by atoms with E-state index in [4.69, 9.17) is 4.21 Å². The van der Waals surface area contributed by atoms with Crippen molar-refractivity contribution in [2.24, 2.45) is 0 Å². The molecule has 0 heterocycles. The predicted octanol–water partition coefficient (Wildman–Crippen LogP) is 7.69. The van der Waals surface area contributed by atoms with Gasteiger partial charge in [-0.1, -0.05) is 0 Å². The van der Waals surface area contributed by atoms with Crippen LogP contribution in [-0.2, 0) is 21.3 Å². The second kappa shape index (κ2) is 9.00. The first-order chi connectivity index (χ1) is 13.7. The van der Waals surface area contributed by atoms with E-state index in [-0.39, 0.29) is 0 Å². The molecule has 2 aromatic rings. The number of hydrogen-bond donors (Lipinski definition) is 0. The van der Waals surface area contributed by atoms with Crippen LogP contribution in [0.1, 0.15) is 81.9 Å². The van der Waals surface area contributed by atoms with Crippen molar-refractivity contribution in [2.45, 2.75) is 59.6 Å². The van der Waals surface area contributed by atoms with Crippen LogP contribution in [0.4, 0.5) is 0 Å². The van der Waals surface area contributed by atoms with Gasteiger partial charge < -0.3 is 0 Å². The molecule has 144 valence electrons. The third kappa shape index (κ3) is 3.76. The average molecular weight is 448 g/mol. The van der Waals surface area contributed by atoms with Crippen molar-refractivity contribution < 1.29 is 21.3 Å². The Hall–Kier alpha value is -1.33. The molecule has 0 aliphatic heterocycles. The molecule has 2 aliphatic carbocycles. The fourth-order valence-electron chi connectivity index (χ4n) is 5.01. The van der Waals surface area contributed by atoms with Gasteiger partial charge in [0.2, 0.25) is 0 Å². The monoisotopic (exact) mass is 446 g/mol. The van der Waals surface area contributed by atoms with Crippen LogP contribution in [0.5, 0.6) is 0 Å². The molecule has 2 unspecified atom stereocenters. The second-order valence-electron chi connectivity index (χ2n) is 8.34. The van der Waals surface area contributed by atoms with E-state index < -0.39 is 21.3 Å². The zero-order valence-electron chi connectivity index (χ0n) is 17.4. The van der Waals surface area contributed by atoms with E-state index in [1.165, 1.54) is 49.7 Å². The van der Waals surface area contributed by atoms with E-state index >= 15 is 0 Å². The molecule has 0 aromatic heterocycles. The van der Waals surface area contributed by atoms with Crippen LogP contribution in [0.25, 0.3) is 12.2 Å². The van der Waals surface area contributed by atoms with E-state index in [1.807, 2.05) is 0 Å². The maximum atomic E-state index is 5.03. The first-order valence-corrected chi connectivity index (χ1v) is 15.6. The van der Waals surface area contributed by atoms with Crippen molar-refractivity contribution in [1.29, 1.82) is 0 Å². The van der Waals surface area contributed by atoms with Gasteiger partial charge in [0.05, 0.1) is 0 Å². The van der Waals surface area contributed by atoms with Crippen molar-refractivity contribution in [3.63, 3.8) is 0 Å². The zero-order valence-corrected chi connectivity index (χ0v) is 19.8. The summed E-state index contributed by atoms with van der Waals surface area (Å²) in [6, 6.07) is 18.2. The zero-order chi connectivity index (χ0) is 19.5. The standard InChI is InChI=1S/2C13H15.CH2.Zr/c2*1-2-3-6-11-9-12-7-4-5-8-13(12)10-11;;/h2*4-5,7-10H,2-3,6H2,1H3;1H2;. The molecule has 1 heteroatoms. The molecule has 0 N–H and O–H groups in total. The van der Waals surface area contributed by atoms with Gasteiger partial charge in [-0.2, -0.15) is 0 Å². The van der Waals surface area contributed by atoms with Gasteiger partial charge in [0.1, 0.15) is 0 Å². The minimum atomic E-state index is -2.08. The Morgan fingerprint density at radius 2 is 1.14 bits per heavy atom. The molecule has 0 fully saturated rings. The summed E-state index contributed by atoms with van der Waals surface area (Å²) < 4.78 is 6.32. The Morgan fingerprint density at radius 1 is 0.714 bits per heavy atom. The fourth-order valence-corrected chi connectivity index (χ4v) is 12.5. The number of benzene rings is 2. The number of fused-ring (bicyclic) bond motifs is 2. The normalized spacial score (nSPS) is 19.8. The van der Waals surface area contributed by atoms with Crippen LogP contribution in [0.15, 0.2) is 59.7 Å².